The van der Waals surface area contributed by atoms with Gasteiger partial charge in [0, 0.05) is 11.4 Å². The Labute approximate surface area is 119 Å². The smallest absolute Gasteiger partial charge is 0.202 e. The highest BCUT2D eigenvalue weighted by Gasteiger charge is 2.13. The Morgan fingerprint density at radius 3 is 2.75 bits per heavy atom. The standard InChI is InChI=1S/C15H13NO3S/c1-8-4-10-14(5-13(8)18-3)19-6-11(15(10)17)12-7-20-9(2)16-12/h4-7H,1-3H3. The maximum absolute atomic E-state index is 12.6. The van der Waals surface area contributed by atoms with Gasteiger partial charge in [0.25, 0.3) is 0 Å². The molecule has 0 N–H and O–H groups in total. The summed E-state index contributed by atoms with van der Waals surface area (Å²) in [5, 5.41) is 3.33. The predicted molar refractivity (Wildman–Crippen MR) is 79.6 cm³/mol. The number of hydrogen-bond donors (Lipinski definition) is 0. The van der Waals surface area contributed by atoms with Crippen LogP contribution < -0.4 is 10.2 Å². The number of benzene rings is 1. The summed E-state index contributed by atoms with van der Waals surface area (Å²) >= 11 is 1.51. The lowest BCUT2D eigenvalue weighted by molar-refractivity contribution is 0.411. The Hall–Kier alpha value is -2.14. The number of ether oxygens (including phenoxy) is 1. The van der Waals surface area contributed by atoms with Crippen molar-refractivity contribution >= 4 is 22.3 Å². The summed E-state index contributed by atoms with van der Waals surface area (Å²) in [6.45, 7) is 3.81. The van der Waals surface area contributed by atoms with Gasteiger partial charge in [0.15, 0.2) is 0 Å². The van der Waals surface area contributed by atoms with E-state index in [2.05, 4.69) is 4.98 Å². The number of methoxy groups -OCH3 is 1. The van der Waals surface area contributed by atoms with Crippen molar-refractivity contribution in [3.8, 4) is 17.0 Å². The summed E-state index contributed by atoms with van der Waals surface area (Å²) < 4.78 is 10.8. The van der Waals surface area contributed by atoms with Crippen LogP contribution in [0.5, 0.6) is 5.75 Å². The van der Waals surface area contributed by atoms with E-state index in [9.17, 15) is 4.79 Å². The second-order valence-corrected chi connectivity index (χ2v) is 5.61. The lowest BCUT2D eigenvalue weighted by Crippen LogP contribution is -2.05. The Morgan fingerprint density at radius 2 is 2.10 bits per heavy atom. The first-order valence-corrected chi connectivity index (χ1v) is 7.01. The highest BCUT2D eigenvalue weighted by atomic mass is 32.1. The van der Waals surface area contributed by atoms with Crippen molar-refractivity contribution in [1.29, 1.82) is 0 Å². The van der Waals surface area contributed by atoms with Gasteiger partial charge in [-0.3, -0.25) is 4.79 Å². The number of rotatable bonds is 2. The lowest BCUT2D eigenvalue weighted by atomic mass is 10.1. The van der Waals surface area contributed by atoms with Crippen LogP contribution in [0, 0.1) is 13.8 Å². The molecule has 3 rings (SSSR count). The van der Waals surface area contributed by atoms with Gasteiger partial charge in [0.05, 0.1) is 28.8 Å². The molecule has 5 heteroatoms. The number of thiazole rings is 1. The van der Waals surface area contributed by atoms with E-state index in [1.807, 2.05) is 19.2 Å². The molecule has 0 radical (unpaired) electrons. The van der Waals surface area contributed by atoms with Gasteiger partial charge in [-0.2, -0.15) is 0 Å². The normalized spacial score (nSPS) is 10.9. The molecule has 0 saturated carbocycles. The summed E-state index contributed by atoms with van der Waals surface area (Å²) in [5.74, 6) is 0.706. The van der Waals surface area contributed by atoms with E-state index in [0.717, 1.165) is 10.6 Å². The second-order valence-electron chi connectivity index (χ2n) is 4.55. The van der Waals surface area contributed by atoms with Crippen molar-refractivity contribution < 1.29 is 9.15 Å². The minimum Gasteiger partial charge on any atom is -0.496 e. The van der Waals surface area contributed by atoms with E-state index < -0.39 is 0 Å². The fourth-order valence-electron chi connectivity index (χ4n) is 2.15. The van der Waals surface area contributed by atoms with Gasteiger partial charge in [-0.05, 0) is 25.5 Å². The monoisotopic (exact) mass is 287 g/mol. The highest BCUT2D eigenvalue weighted by Crippen LogP contribution is 2.26. The molecule has 0 spiro atoms. The second kappa shape index (κ2) is 4.76. The van der Waals surface area contributed by atoms with Crippen LogP contribution in [0.15, 0.2) is 33.0 Å². The molecule has 1 aromatic carbocycles. The molecular formula is C15H13NO3S. The topological polar surface area (TPSA) is 52.3 Å². The molecular weight excluding hydrogens is 274 g/mol. The van der Waals surface area contributed by atoms with Crippen molar-refractivity contribution in [2.24, 2.45) is 0 Å². The van der Waals surface area contributed by atoms with Gasteiger partial charge >= 0.3 is 0 Å². The maximum atomic E-state index is 12.6. The number of fused-ring (bicyclic) bond motifs is 1. The molecule has 0 saturated heterocycles. The van der Waals surface area contributed by atoms with Gasteiger partial charge < -0.3 is 9.15 Å². The van der Waals surface area contributed by atoms with Crippen LogP contribution in [0.3, 0.4) is 0 Å². The van der Waals surface area contributed by atoms with E-state index in [-0.39, 0.29) is 5.43 Å². The molecule has 0 aliphatic heterocycles. The van der Waals surface area contributed by atoms with E-state index >= 15 is 0 Å². The Bertz CT molecular complexity index is 848. The molecule has 0 amide bonds. The highest BCUT2D eigenvalue weighted by molar-refractivity contribution is 7.09. The van der Waals surface area contributed by atoms with Gasteiger partial charge in [-0.1, -0.05) is 0 Å². The third-order valence-corrected chi connectivity index (χ3v) is 3.96. The van der Waals surface area contributed by atoms with Crippen molar-refractivity contribution in [3.05, 3.63) is 44.6 Å². The van der Waals surface area contributed by atoms with Gasteiger partial charge in [0.1, 0.15) is 17.6 Å². The number of aryl methyl sites for hydroxylation is 2. The number of hydrogen-bond acceptors (Lipinski definition) is 5. The summed E-state index contributed by atoms with van der Waals surface area (Å²) in [6, 6.07) is 3.53. The van der Waals surface area contributed by atoms with E-state index in [1.165, 1.54) is 17.6 Å². The number of nitrogens with zero attached hydrogens (tertiary/aromatic N) is 1. The lowest BCUT2D eigenvalue weighted by Gasteiger charge is -2.06. The molecule has 0 aliphatic rings. The first-order chi connectivity index (χ1) is 9.60. The first kappa shape index (κ1) is 12.9. The van der Waals surface area contributed by atoms with Crippen LogP contribution in [-0.4, -0.2) is 12.1 Å². The molecule has 0 atom stereocenters. The quantitative estimate of drug-likeness (QED) is 0.723. The summed E-state index contributed by atoms with van der Waals surface area (Å²) in [6.07, 6.45) is 1.47. The van der Waals surface area contributed by atoms with Crippen LogP contribution in [0.4, 0.5) is 0 Å². The molecule has 0 bridgehead atoms. The molecule has 0 fully saturated rings. The average molecular weight is 287 g/mol. The minimum absolute atomic E-state index is 0.0673. The molecule has 0 unspecified atom stereocenters. The summed E-state index contributed by atoms with van der Waals surface area (Å²) in [5.41, 5.74) is 2.51. The number of aromatic nitrogens is 1. The van der Waals surface area contributed by atoms with Crippen molar-refractivity contribution in [1.82, 2.24) is 4.98 Å². The molecule has 0 aliphatic carbocycles. The predicted octanol–water partition coefficient (Wildman–Crippen LogP) is 3.54. The zero-order valence-electron chi connectivity index (χ0n) is 11.4. The fourth-order valence-corrected chi connectivity index (χ4v) is 2.76. The van der Waals surface area contributed by atoms with E-state index in [1.54, 1.807) is 19.2 Å². The van der Waals surface area contributed by atoms with Crippen LogP contribution in [-0.2, 0) is 0 Å². The van der Waals surface area contributed by atoms with E-state index in [4.69, 9.17) is 9.15 Å². The first-order valence-electron chi connectivity index (χ1n) is 6.13. The van der Waals surface area contributed by atoms with Gasteiger partial charge in [-0.15, -0.1) is 11.3 Å². The molecule has 2 aromatic heterocycles. The largest absolute Gasteiger partial charge is 0.496 e. The van der Waals surface area contributed by atoms with Crippen LogP contribution in [0.1, 0.15) is 10.6 Å². The summed E-state index contributed by atoms with van der Waals surface area (Å²) in [7, 11) is 1.60. The average Bonchev–Trinajstić information content (AvgIpc) is 2.86. The van der Waals surface area contributed by atoms with Crippen LogP contribution >= 0.6 is 11.3 Å². The Balaban J connectivity index is 2.28. The SMILES string of the molecule is COc1cc2occ(-c3csc(C)n3)c(=O)c2cc1C. The third-order valence-electron chi connectivity index (χ3n) is 3.19. The third kappa shape index (κ3) is 2.00. The molecule has 102 valence electrons. The van der Waals surface area contributed by atoms with Gasteiger partial charge in [-0.25, -0.2) is 4.98 Å². The van der Waals surface area contributed by atoms with Crippen molar-refractivity contribution in [2.75, 3.05) is 7.11 Å². The fraction of sp³-hybridized carbons (Fsp3) is 0.200. The Kier molecular flexibility index (Phi) is 3.06. The van der Waals surface area contributed by atoms with Crippen molar-refractivity contribution in [3.63, 3.8) is 0 Å². The molecule has 2 heterocycles. The molecule has 20 heavy (non-hydrogen) atoms. The molecule has 4 nitrogen and oxygen atoms in total. The zero-order chi connectivity index (χ0) is 14.3. The molecule has 3 aromatic rings. The Morgan fingerprint density at radius 1 is 1.30 bits per heavy atom. The van der Waals surface area contributed by atoms with E-state index in [0.29, 0.717) is 28.0 Å². The minimum atomic E-state index is -0.0673. The van der Waals surface area contributed by atoms with Gasteiger partial charge in [0.2, 0.25) is 5.43 Å². The van der Waals surface area contributed by atoms with Crippen LogP contribution in [0.2, 0.25) is 0 Å². The maximum Gasteiger partial charge on any atom is 0.202 e. The van der Waals surface area contributed by atoms with Crippen LogP contribution in [0.25, 0.3) is 22.2 Å². The summed E-state index contributed by atoms with van der Waals surface area (Å²) in [4.78, 5) is 16.9. The zero-order valence-corrected chi connectivity index (χ0v) is 12.2. The van der Waals surface area contributed by atoms with Crippen molar-refractivity contribution in [2.45, 2.75) is 13.8 Å².